The summed E-state index contributed by atoms with van der Waals surface area (Å²) in [4.78, 5) is 4.48. The van der Waals surface area contributed by atoms with Crippen molar-refractivity contribution >= 4 is 0 Å². The molecule has 2 aromatic carbocycles. The van der Waals surface area contributed by atoms with Crippen LogP contribution in [0.15, 0.2) is 60.7 Å². The number of hydrogen-bond donors (Lipinski definition) is 0. The van der Waals surface area contributed by atoms with Crippen molar-refractivity contribution in [2.45, 2.75) is 6.92 Å². The van der Waals surface area contributed by atoms with E-state index in [1.165, 1.54) is 0 Å². The highest BCUT2D eigenvalue weighted by atomic mass is 16.5. The fourth-order valence-corrected chi connectivity index (χ4v) is 1.97. The molecule has 0 saturated heterocycles. The molecule has 0 amide bonds. The molecule has 100 valence electrons. The monoisotopic (exact) mass is 265 g/mol. The van der Waals surface area contributed by atoms with Crippen molar-refractivity contribution in [1.82, 2.24) is 14.8 Å². The van der Waals surface area contributed by atoms with Crippen LogP contribution in [0.5, 0.6) is 6.01 Å². The van der Waals surface area contributed by atoms with Crippen LogP contribution in [0.25, 0.3) is 17.1 Å². The first-order valence-electron chi connectivity index (χ1n) is 6.59. The molecule has 3 rings (SSSR count). The van der Waals surface area contributed by atoms with Crippen LogP contribution in [0, 0.1) is 0 Å². The van der Waals surface area contributed by atoms with E-state index in [4.69, 9.17) is 4.74 Å². The first-order valence-corrected chi connectivity index (χ1v) is 6.59. The lowest BCUT2D eigenvalue weighted by atomic mass is 10.2. The second kappa shape index (κ2) is 5.57. The van der Waals surface area contributed by atoms with E-state index in [2.05, 4.69) is 10.1 Å². The van der Waals surface area contributed by atoms with E-state index >= 15 is 0 Å². The molecule has 0 saturated carbocycles. The van der Waals surface area contributed by atoms with Crippen LogP contribution in [0.1, 0.15) is 6.92 Å². The third-order valence-electron chi connectivity index (χ3n) is 2.88. The van der Waals surface area contributed by atoms with Crippen LogP contribution in [-0.2, 0) is 0 Å². The van der Waals surface area contributed by atoms with Gasteiger partial charge in [0.15, 0.2) is 5.82 Å². The normalized spacial score (nSPS) is 10.4. The van der Waals surface area contributed by atoms with Gasteiger partial charge in [-0.3, -0.25) is 0 Å². The molecule has 0 N–H and O–H groups in total. The summed E-state index contributed by atoms with van der Waals surface area (Å²) in [5, 5.41) is 4.55. The summed E-state index contributed by atoms with van der Waals surface area (Å²) in [6.45, 7) is 2.49. The molecule has 0 atom stereocenters. The third kappa shape index (κ3) is 2.40. The Kier molecular flexibility index (Phi) is 3.46. The Morgan fingerprint density at radius 2 is 1.60 bits per heavy atom. The lowest BCUT2D eigenvalue weighted by molar-refractivity contribution is 0.304. The standard InChI is InChI=1S/C16H15N3O/c1-2-20-16-17-15(13-9-5-3-6-10-13)18-19(16)14-11-7-4-8-12-14/h3-12H,2H2,1H3. The molecule has 1 heterocycles. The molecular formula is C16H15N3O. The minimum atomic E-state index is 0.512. The van der Waals surface area contributed by atoms with Gasteiger partial charge in [0.1, 0.15) is 0 Å². The van der Waals surface area contributed by atoms with Crippen molar-refractivity contribution in [3.05, 3.63) is 60.7 Å². The average molecular weight is 265 g/mol. The fourth-order valence-electron chi connectivity index (χ4n) is 1.97. The molecule has 20 heavy (non-hydrogen) atoms. The maximum absolute atomic E-state index is 5.58. The van der Waals surface area contributed by atoms with Crippen molar-refractivity contribution in [1.29, 1.82) is 0 Å². The Balaban J connectivity index is 2.08. The molecule has 1 aromatic heterocycles. The maximum Gasteiger partial charge on any atom is 0.320 e. The molecule has 3 aromatic rings. The maximum atomic E-state index is 5.58. The fraction of sp³-hybridized carbons (Fsp3) is 0.125. The van der Waals surface area contributed by atoms with Gasteiger partial charge < -0.3 is 4.74 Å². The number of rotatable bonds is 4. The van der Waals surface area contributed by atoms with E-state index < -0.39 is 0 Å². The van der Waals surface area contributed by atoms with Crippen molar-refractivity contribution in [2.75, 3.05) is 6.61 Å². The lowest BCUT2D eigenvalue weighted by Gasteiger charge is -2.04. The zero-order valence-corrected chi connectivity index (χ0v) is 11.2. The first kappa shape index (κ1) is 12.4. The van der Waals surface area contributed by atoms with Gasteiger partial charge in [-0.1, -0.05) is 48.5 Å². The molecule has 4 heteroatoms. The van der Waals surface area contributed by atoms with Crippen LogP contribution < -0.4 is 4.74 Å². The summed E-state index contributed by atoms with van der Waals surface area (Å²) in [6, 6.07) is 20.3. The summed E-state index contributed by atoms with van der Waals surface area (Å²) < 4.78 is 7.31. The molecule has 0 radical (unpaired) electrons. The van der Waals surface area contributed by atoms with Gasteiger partial charge in [0, 0.05) is 5.56 Å². The smallest absolute Gasteiger partial charge is 0.320 e. The van der Waals surface area contributed by atoms with Gasteiger partial charge in [-0.25, -0.2) is 0 Å². The molecule has 0 aliphatic heterocycles. The van der Waals surface area contributed by atoms with Gasteiger partial charge in [-0.15, -0.1) is 5.10 Å². The van der Waals surface area contributed by atoms with Crippen molar-refractivity contribution in [3.63, 3.8) is 0 Å². The Labute approximate surface area is 117 Å². The van der Waals surface area contributed by atoms with Crippen LogP contribution >= 0.6 is 0 Å². The summed E-state index contributed by atoms with van der Waals surface area (Å²) in [7, 11) is 0. The summed E-state index contributed by atoms with van der Waals surface area (Å²) >= 11 is 0. The summed E-state index contributed by atoms with van der Waals surface area (Å²) in [6.07, 6.45) is 0. The van der Waals surface area contributed by atoms with Gasteiger partial charge in [0.05, 0.1) is 12.3 Å². The first-order chi connectivity index (χ1) is 9.88. The quantitative estimate of drug-likeness (QED) is 0.726. The number of ether oxygens (including phenoxy) is 1. The van der Waals surface area contributed by atoms with Gasteiger partial charge in [-0.05, 0) is 19.1 Å². The van der Waals surface area contributed by atoms with Crippen molar-refractivity contribution < 1.29 is 4.74 Å². The highest BCUT2D eigenvalue weighted by Crippen LogP contribution is 2.22. The molecule has 0 spiro atoms. The molecular weight excluding hydrogens is 250 g/mol. The Hall–Kier alpha value is -2.62. The molecule has 4 nitrogen and oxygen atoms in total. The third-order valence-corrected chi connectivity index (χ3v) is 2.88. The van der Waals surface area contributed by atoms with Crippen LogP contribution in [0.3, 0.4) is 0 Å². The Morgan fingerprint density at radius 3 is 2.25 bits per heavy atom. The summed E-state index contributed by atoms with van der Waals surface area (Å²) in [5.41, 5.74) is 1.91. The van der Waals surface area contributed by atoms with E-state index in [1.54, 1.807) is 4.68 Å². The molecule has 0 bridgehead atoms. The Morgan fingerprint density at radius 1 is 0.950 bits per heavy atom. The van der Waals surface area contributed by atoms with Crippen LogP contribution in [0.4, 0.5) is 0 Å². The van der Waals surface area contributed by atoms with Gasteiger partial charge in [0.2, 0.25) is 0 Å². The molecule has 0 unspecified atom stereocenters. The topological polar surface area (TPSA) is 39.9 Å². The van der Waals surface area contributed by atoms with Crippen molar-refractivity contribution in [3.8, 4) is 23.1 Å². The number of hydrogen-bond acceptors (Lipinski definition) is 3. The molecule has 0 fully saturated rings. The highest BCUT2D eigenvalue weighted by molar-refractivity contribution is 5.55. The SMILES string of the molecule is CCOc1nc(-c2ccccc2)nn1-c1ccccc1. The number of nitrogens with zero attached hydrogens (tertiary/aromatic N) is 3. The van der Waals surface area contributed by atoms with E-state index in [0.29, 0.717) is 18.4 Å². The minimum Gasteiger partial charge on any atom is -0.464 e. The number of para-hydroxylation sites is 1. The second-order valence-corrected chi connectivity index (χ2v) is 4.26. The molecule has 0 aliphatic rings. The van der Waals surface area contributed by atoms with E-state index in [1.807, 2.05) is 67.6 Å². The van der Waals surface area contributed by atoms with E-state index in [-0.39, 0.29) is 0 Å². The largest absolute Gasteiger partial charge is 0.464 e. The number of aromatic nitrogens is 3. The average Bonchev–Trinajstić information content (AvgIpc) is 2.94. The van der Waals surface area contributed by atoms with Crippen molar-refractivity contribution in [2.24, 2.45) is 0 Å². The van der Waals surface area contributed by atoms with Crippen LogP contribution in [0.2, 0.25) is 0 Å². The van der Waals surface area contributed by atoms with E-state index in [9.17, 15) is 0 Å². The van der Waals surface area contributed by atoms with E-state index in [0.717, 1.165) is 11.3 Å². The predicted octanol–water partition coefficient (Wildman–Crippen LogP) is 3.33. The number of benzene rings is 2. The highest BCUT2D eigenvalue weighted by Gasteiger charge is 2.13. The molecule has 0 aliphatic carbocycles. The lowest BCUT2D eigenvalue weighted by Crippen LogP contribution is -2.02. The zero-order chi connectivity index (χ0) is 13.8. The predicted molar refractivity (Wildman–Crippen MR) is 78.0 cm³/mol. The minimum absolute atomic E-state index is 0.512. The Bertz CT molecular complexity index is 677. The van der Waals surface area contributed by atoms with Crippen LogP contribution in [-0.4, -0.2) is 21.4 Å². The van der Waals surface area contributed by atoms with Gasteiger partial charge in [-0.2, -0.15) is 9.67 Å². The zero-order valence-electron chi connectivity index (χ0n) is 11.2. The van der Waals surface area contributed by atoms with Gasteiger partial charge >= 0.3 is 6.01 Å². The second-order valence-electron chi connectivity index (χ2n) is 4.26. The summed E-state index contributed by atoms with van der Waals surface area (Å²) in [5.74, 6) is 0.665. The van der Waals surface area contributed by atoms with Gasteiger partial charge in [0.25, 0.3) is 0 Å².